The van der Waals surface area contributed by atoms with Gasteiger partial charge in [0.15, 0.2) is 11.5 Å². The van der Waals surface area contributed by atoms with Gasteiger partial charge in [-0.25, -0.2) is 4.79 Å². The molecule has 1 aromatic carbocycles. The number of aryl methyl sites for hydroxylation is 1. The molecule has 4 rings (SSSR count). The molecule has 0 saturated carbocycles. The molecule has 1 fully saturated rings. The van der Waals surface area contributed by atoms with Crippen LogP contribution in [0.4, 0.5) is 4.79 Å². The van der Waals surface area contributed by atoms with E-state index in [-0.39, 0.29) is 5.91 Å². The van der Waals surface area contributed by atoms with Crippen LogP contribution in [0.2, 0.25) is 0 Å². The molecule has 150 valence electrons. The Morgan fingerprint density at radius 3 is 2.52 bits per heavy atom. The highest BCUT2D eigenvalue weighted by Gasteiger charge is 2.29. The zero-order chi connectivity index (χ0) is 20.4. The number of hydrogen-bond donors (Lipinski definition) is 0. The number of fused-ring (bicyclic) bond motifs is 1. The van der Waals surface area contributed by atoms with Crippen molar-refractivity contribution in [3.63, 3.8) is 0 Å². The third kappa shape index (κ3) is 3.73. The van der Waals surface area contributed by atoms with Crippen LogP contribution in [-0.4, -0.2) is 60.1 Å². The van der Waals surface area contributed by atoms with Crippen molar-refractivity contribution in [3.05, 3.63) is 54.0 Å². The molecule has 0 bridgehead atoms. The molecule has 0 unspecified atom stereocenters. The van der Waals surface area contributed by atoms with Crippen LogP contribution in [0.3, 0.4) is 0 Å². The van der Waals surface area contributed by atoms with Crippen LogP contribution < -0.4 is 9.47 Å². The summed E-state index contributed by atoms with van der Waals surface area (Å²) in [5.41, 5.74) is 1.42. The summed E-state index contributed by atoms with van der Waals surface area (Å²) in [5.74, 6) is 1.24. The van der Waals surface area contributed by atoms with Gasteiger partial charge in [-0.05, 0) is 37.3 Å². The molecule has 0 N–H and O–H groups in total. The average Bonchev–Trinajstić information content (AvgIpc) is 3.09. The average molecular weight is 395 g/mol. The second-order valence-corrected chi connectivity index (χ2v) is 6.75. The molecule has 1 aliphatic rings. The predicted molar refractivity (Wildman–Crippen MR) is 105 cm³/mol. The lowest BCUT2D eigenvalue weighted by molar-refractivity contribution is 0.0605. The van der Waals surface area contributed by atoms with E-state index >= 15 is 0 Å². The van der Waals surface area contributed by atoms with Crippen molar-refractivity contribution < 1.29 is 23.5 Å². The third-order valence-corrected chi connectivity index (χ3v) is 5.00. The van der Waals surface area contributed by atoms with E-state index in [1.807, 2.05) is 13.0 Å². The fourth-order valence-electron chi connectivity index (χ4n) is 3.34. The number of piperazine rings is 1. The normalized spacial score (nSPS) is 14.1. The van der Waals surface area contributed by atoms with Crippen LogP contribution in [0.1, 0.15) is 16.1 Å². The molecule has 3 heterocycles. The standard InChI is InChI=1S/C21H21N3O5/c1-14-17-12-15(27-2)5-6-18(17)29-19(14)20(25)23-8-10-24(11-9-23)21(26)28-16-4-3-7-22-13-16/h3-7,12-13H,8-11H2,1-2H3. The van der Waals surface area contributed by atoms with E-state index in [1.165, 1.54) is 6.20 Å². The van der Waals surface area contributed by atoms with Crippen molar-refractivity contribution in [2.24, 2.45) is 0 Å². The maximum atomic E-state index is 13.0. The Labute approximate surface area is 167 Å². The Morgan fingerprint density at radius 1 is 1.07 bits per heavy atom. The van der Waals surface area contributed by atoms with Gasteiger partial charge in [-0.2, -0.15) is 0 Å². The summed E-state index contributed by atoms with van der Waals surface area (Å²) in [6.45, 7) is 3.44. The van der Waals surface area contributed by atoms with Crippen LogP contribution >= 0.6 is 0 Å². The zero-order valence-electron chi connectivity index (χ0n) is 16.3. The van der Waals surface area contributed by atoms with E-state index in [0.29, 0.717) is 49.0 Å². The Morgan fingerprint density at radius 2 is 1.83 bits per heavy atom. The van der Waals surface area contributed by atoms with E-state index < -0.39 is 6.09 Å². The van der Waals surface area contributed by atoms with E-state index in [0.717, 1.165) is 10.9 Å². The van der Waals surface area contributed by atoms with E-state index in [4.69, 9.17) is 13.9 Å². The highest BCUT2D eigenvalue weighted by atomic mass is 16.6. The minimum atomic E-state index is -0.447. The third-order valence-electron chi connectivity index (χ3n) is 5.00. The maximum absolute atomic E-state index is 13.0. The predicted octanol–water partition coefficient (Wildman–Crippen LogP) is 3.10. The molecule has 29 heavy (non-hydrogen) atoms. The topological polar surface area (TPSA) is 85.1 Å². The number of furan rings is 1. The molecule has 0 atom stereocenters. The Kier molecular flexibility index (Phi) is 5.07. The fraction of sp³-hybridized carbons (Fsp3) is 0.286. The molecule has 2 amide bonds. The summed E-state index contributed by atoms with van der Waals surface area (Å²) in [6.07, 6.45) is 2.65. The summed E-state index contributed by atoms with van der Waals surface area (Å²) in [6, 6.07) is 8.82. The van der Waals surface area contributed by atoms with Crippen molar-refractivity contribution in [2.45, 2.75) is 6.92 Å². The number of methoxy groups -OCH3 is 1. The summed E-state index contributed by atoms with van der Waals surface area (Å²) >= 11 is 0. The number of nitrogens with zero attached hydrogens (tertiary/aromatic N) is 3. The molecule has 8 nitrogen and oxygen atoms in total. The van der Waals surface area contributed by atoms with Crippen molar-refractivity contribution >= 4 is 23.0 Å². The number of rotatable bonds is 3. The van der Waals surface area contributed by atoms with Crippen molar-refractivity contribution in [2.75, 3.05) is 33.3 Å². The molecule has 0 aliphatic carbocycles. The van der Waals surface area contributed by atoms with Crippen LogP contribution in [-0.2, 0) is 0 Å². The first-order valence-corrected chi connectivity index (χ1v) is 9.30. The van der Waals surface area contributed by atoms with Gasteiger partial charge in [-0.3, -0.25) is 9.78 Å². The van der Waals surface area contributed by atoms with Gasteiger partial charge in [0.25, 0.3) is 5.91 Å². The van der Waals surface area contributed by atoms with Crippen LogP contribution in [0, 0.1) is 6.92 Å². The van der Waals surface area contributed by atoms with Crippen LogP contribution in [0.25, 0.3) is 11.0 Å². The second kappa shape index (κ2) is 7.83. The number of benzene rings is 1. The lowest BCUT2D eigenvalue weighted by atomic mass is 10.1. The maximum Gasteiger partial charge on any atom is 0.415 e. The minimum absolute atomic E-state index is 0.182. The van der Waals surface area contributed by atoms with E-state index in [9.17, 15) is 9.59 Å². The second-order valence-electron chi connectivity index (χ2n) is 6.75. The van der Waals surface area contributed by atoms with Gasteiger partial charge >= 0.3 is 6.09 Å². The summed E-state index contributed by atoms with van der Waals surface area (Å²) in [4.78, 5) is 32.4. The molecular formula is C21H21N3O5. The van der Waals surface area contributed by atoms with Crippen molar-refractivity contribution in [3.8, 4) is 11.5 Å². The number of carbonyl (C=O) groups excluding carboxylic acids is 2. The lowest BCUT2D eigenvalue weighted by Gasteiger charge is -2.33. The SMILES string of the molecule is COc1ccc2oc(C(=O)N3CCN(C(=O)Oc4cccnc4)CC3)c(C)c2c1. The first kappa shape index (κ1) is 18.8. The molecule has 1 saturated heterocycles. The summed E-state index contributed by atoms with van der Waals surface area (Å²) < 4.78 is 16.4. The smallest absolute Gasteiger partial charge is 0.415 e. The Bertz CT molecular complexity index is 1040. The van der Waals surface area contributed by atoms with Gasteiger partial charge in [0.1, 0.15) is 11.3 Å². The molecule has 1 aliphatic heterocycles. The number of pyridine rings is 1. The number of carbonyl (C=O) groups is 2. The van der Waals surface area contributed by atoms with E-state index in [2.05, 4.69) is 4.98 Å². The highest BCUT2D eigenvalue weighted by molar-refractivity contribution is 5.99. The number of amides is 2. The number of hydrogen-bond acceptors (Lipinski definition) is 6. The van der Waals surface area contributed by atoms with Gasteiger partial charge in [-0.1, -0.05) is 0 Å². The van der Waals surface area contributed by atoms with Gasteiger partial charge in [0.05, 0.1) is 13.3 Å². The molecule has 0 spiro atoms. The molecule has 2 aromatic heterocycles. The Balaban J connectivity index is 1.42. The quantitative estimate of drug-likeness (QED) is 0.677. The number of aromatic nitrogens is 1. The first-order valence-electron chi connectivity index (χ1n) is 9.30. The largest absolute Gasteiger partial charge is 0.497 e. The minimum Gasteiger partial charge on any atom is -0.497 e. The molecule has 8 heteroatoms. The zero-order valence-corrected chi connectivity index (χ0v) is 16.3. The monoisotopic (exact) mass is 395 g/mol. The van der Waals surface area contributed by atoms with Crippen LogP contribution in [0.15, 0.2) is 47.1 Å². The molecular weight excluding hydrogens is 374 g/mol. The summed E-state index contributed by atoms with van der Waals surface area (Å²) in [7, 11) is 1.60. The fourth-order valence-corrected chi connectivity index (χ4v) is 3.34. The Hall–Kier alpha value is -3.55. The van der Waals surface area contributed by atoms with Gasteiger partial charge in [-0.15, -0.1) is 0 Å². The lowest BCUT2D eigenvalue weighted by Crippen LogP contribution is -2.51. The highest BCUT2D eigenvalue weighted by Crippen LogP contribution is 2.29. The van der Waals surface area contributed by atoms with Crippen LogP contribution in [0.5, 0.6) is 11.5 Å². The summed E-state index contributed by atoms with van der Waals surface area (Å²) in [5, 5.41) is 0.853. The van der Waals surface area contributed by atoms with Gasteiger partial charge in [0.2, 0.25) is 0 Å². The van der Waals surface area contributed by atoms with Gasteiger partial charge in [0, 0.05) is 43.3 Å². The van der Waals surface area contributed by atoms with Gasteiger partial charge < -0.3 is 23.7 Å². The molecule has 0 radical (unpaired) electrons. The van der Waals surface area contributed by atoms with Crippen molar-refractivity contribution in [1.29, 1.82) is 0 Å². The van der Waals surface area contributed by atoms with E-state index in [1.54, 1.807) is 47.4 Å². The molecule has 3 aromatic rings. The first-order chi connectivity index (χ1) is 14.1. The number of ether oxygens (including phenoxy) is 2. The van der Waals surface area contributed by atoms with Crippen molar-refractivity contribution in [1.82, 2.24) is 14.8 Å².